The number of anilines is 1. The molecule has 1 N–H and O–H groups in total. The Hall–Kier alpha value is -2.69. The average Bonchev–Trinajstić information content (AvgIpc) is 2.66. The van der Waals surface area contributed by atoms with Crippen molar-refractivity contribution in [3.63, 3.8) is 0 Å². The van der Waals surface area contributed by atoms with Crippen LogP contribution in [0.5, 0.6) is 11.5 Å². The second-order valence-corrected chi connectivity index (χ2v) is 5.67. The molecule has 0 saturated heterocycles. The van der Waals surface area contributed by atoms with Gasteiger partial charge in [0.15, 0.2) is 11.5 Å². The predicted molar refractivity (Wildman–Crippen MR) is 101 cm³/mol. The molecule has 0 fully saturated rings. The fourth-order valence-electron chi connectivity index (χ4n) is 2.52. The van der Waals surface area contributed by atoms with E-state index in [1.165, 1.54) is 5.69 Å². The molecule has 0 aliphatic rings. The van der Waals surface area contributed by atoms with Crippen LogP contribution in [0.15, 0.2) is 48.5 Å². The fraction of sp³-hybridized carbons (Fsp3) is 0.350. The summed E-state index contributed by atoms with van der Waals surface area (Å²) in [7, 11) is 3.62. The third-order valence-corrected chi connectivity index (χ3v) is 3.88. The van der Waals surface area contributed by atoms with E-state index < -0.39 is 0 Å². The number of carbonyl (C=O) groups excluding carboxylic acids is 1. The lowest BCUT2D eigenvalue weighted by molar-refractivity contribution is 0.0953. The number of hydrogen-bond donors (Lipinski definition) is 1. The lowest BCUT2D eigenvalue weighted by atomic mass is 10.2. The van der Waals surface area contributed by atoms with E-state index in [4.69, 9.17) is 9.47 Å². The summed E-state index contributed by atoms with van der Waals surface area (Å²) < 4.78 is 10.8. The number of rotatable bonds is 9. The molecule has 2 aromatic carbocycles. The van der Waals surface area contributed by atoms with Crippen LogP contribution in [0.25, 0.3) is 0 Å². The van der Waals surface area contributed by atoms with Crippen molar-refractivity contribution in [3.05, 3.63) is 54.1 Å². The first kappa shape index (κ1) is 18.6. The first-order valence-corrected chi connectivity index (χ1v) is 8.51. The molecular weight excluding hydrogens is 316 g/mol. The maximum atomic E-state index is 12.3. The number of ether oxygens (including phenoxy) is 2. The second kappa shape index (κ2) is 9.57. The Bertz CT molecular complexity index is 674. The first-order valence-electron chi connectivity index (χ1n) is 8.51. The fourth-order valence-corrected chi connectivity index (χ4v) is 2.52. The number of para-hydroxylation sites is 1. The molecule has 134 valence electrons. The maximum absolute atomic E-state index is 12.3. The van der Waals surface area contributed by atoms with E-state index in [9.17, 15) is 4.79 Å². The van der Waals surface area contributed by atoms with Crippen LogP contribution in [0.2, 0.25) is 0 Å². The lowest BCUT2D eigenvalue weighted by Crippen LogP contribution is -2.28. The molecule has 0 radical (unpaired) electrons. The highest BCUT2D eigenvalue weighted by Crippen LogP contribution is 2.27. The van der Waals surface area contributed by atoms with Crippen LogP contribution in [-0.2, 0) is 0 Å². The van der Waals surface area contributed by atoms with Crippen LogP contribution in [0.4, 0.5) is 5.69 Å². The number of nitrogens with one attached hydrogen (secondary N) is 1. The summed E-state index contributed by atoms with van der Waals surface area (Å²) in [5, 5.41) is 2.95. The van der Waals surface area contributed by atoms with E-state index in [-0.39, 0.29) is 5.91 Å². The standard InChI is InChI=1S/C20H26N2O3/c1-4-25-18-12-11-16(15-19(18)24-3)20(23)21-13-8-14-22(2)17-9-6-5-7-10-17/h5-7,9-12,15H,4,8,13-14H2,1-3H3,(H,21,23). The Kier molecular flexibility index (Phi) is 7.14. The summed E-state index contributed by atoms with van der Waals surface area (Å²) >= 11 is 0. The second-order valence-electron chi connectivity index (χ2n) is 5.67. The molecule has 0 aromatic heterocycles. The number of nitrogens with zero attached hydrogens (tertiary/aromatic N) is 1. The summed E-state index contributed by atoms with van der Waals surface area (Å²) in [6.45, 7) is 3.95. The van der Waals surface area contributed by atoms with Gasteiger partial charge in [-0.3, -0.25) is 4.79 Å². The van der Waals surface area contributed by atoms with Crippen LogP contribution in [-0.4, -0.2) is 39.8 Å². The molecule has 0 aliphatic carbocycles. The molecule has 0 saturated carbocycles. The molecule has 5 nitrogen and oxygen atoms in total. The highest BCUT2D eigenvalue weighted by Gasteiger charge is 2.10. The molecule has 0 aliphatic heterocycles. The Morgan fingerprint density at radius 2 is 1.88 bits per heavy atom. The predicted octanol–water partition coefficient (Wildman–Crippen LogP) is 3.35. The largest absolute Gasteiger partial charge is 0.493 e. The lowest BCUT2D eigenvalue weighted by Gasteiger charge is -2.19. The van der Waals surface area contributed by atoms with Gasteiger partial charge in [-0.2, -0.15) is 0 Å². The maximum Gasteiger partial charge on any atom is 0.251 e. The van der Waals surface area contributed by atoms with Crippen molar-refractivity contribution >= 4 is 11.6 Å². The van der Waals surface area contributed by atoms with Gasteiger partial charge in [0, 0.05) is 31.4 Å². The SMILES string of the molecule is CCOc1ccc(C(=O)NCCCN(C)c2ccccc2)cc1OC. The molecule has 0 spiro atoms. The van der Waals surface area contributed by atoms with Crippen molar-refractivity contribution in [2.45, 2.75) is 13.3 Å². The summed E-state index contributed by atoms with van der Waals surface area (Å²) in [5.41, 5.74) is 1.74. The molecule has 5 heteroatoms. The molecule has 0 atom stereocenters. The Labute approximate surface area is 149 Å². The molecule has 2 aromatic rings. The summed E-state index contributed by atoms with van der Waals surface area (Å²) in [6.07, 6.45) is 0.866. The van der Waals surface area contributed by atoms with Crippen molar-refractivity contribution < 1.29 is 14.3 Å². The third-order valence-electron chi connectivity index (χ3n) is 3.88. The van der Waals surface area contributed by atoms with E-state index in [1.807, 2.05) is 25.1 Å². The zero-order chi connectivity index (χ0) is 18.1. The van der Waals surface area contributed by atoms with E-state index in [0.29, 0.717) is 30.2 Å². The van der Waals surface area contributed by atoms with Crippen LogP contribution >= 0.6 is 0 Å². The van der Waals surface area contributed by atoms with Gasteiger partial charge < -0.3 is 19.7 Å². The minimum atomic E-state index is -0.108. The van der Waals surface area contributed by atoms with Gasteiger partial charge in [0.1, 0.15) is 0 Å². The normalized spacial score (nSPS) is 10.2. The molecular formula is C20H26N2O3. The number of amides is 1. The highest BCUT2D eigenvalue weighted by molar-refractivity contribution is 5.94. The Balaban J connectivity index is 1.82. The van der Waals surface area contributed by atoms with Gasteiger partial charge in [-0.15, -0.1) is 0 Å². The van der Waals surface area contributed by atoms with Gasteiger partial charge in [-0.05, 0) is 43.7 Å². The highest BCUT2D eigenvalue weighted by atomic mass is 16.5. The molecule has 0 bridgehead atoms. The third kappa shape index (κ3) is 5.41. The van der Waals surface area contributed by atoms with Crippen LogP contribution in [0.1, 0.15) is 23.7 Å². The Morgan fingerprint density at radius 1 is 1.12 bits per heavy atom. The number of benzene rings is 2. The van der Waals surface area contributed by atoms with Gasteiger partial charge in [-0.25, -0.2) is 0 Å². The van der Waals surface area contributed by atoms with Crippen molar-refractivity contribution in [3.8, 4) is 11.5 Å². The Morgan fingerprint density at radius 3 is 2.56 bits per heavy atom. The average molecular weight is 342 g/mol. The van der Waals surface area contributed by atoms with Crippen LogP contribution in [0.3, 0.4) is 0 Å². The summed E-state index contributed by atoms with van der Waals surface area (Å²) in [4.78, 5) is 14.4. The first-order chi connectivity index (χ1) is 12.2. The van der Waals surface area contributed by atoms with Gasteiger partial charge in [0.2, 0.25) is 0 Å². The van der Waals surface area contributed by atoms with Crippen LogP contribution < -0.4 is 19.7 Å². The molecule has 1 amide bonds. The van der Waals surface area contributed by atoms with Gasteiger partial charge in [0.25, 0.3) is 5.91 Å². The topological polar surface area (TPSA) is 50.8 Å². The zero-order valence-corrected chi connectivity index (χ0v) is 15.1. The summed E-state index contributed by atoms with van der Waals surface area (Å²) in [6, 6.07) is 15.4. The zero-order valence-electron chi connectivity index (χ0n) is 15.1. The van der Waals surface area contributed by atoms with Gasteiger partial charge >= 0.3 is 0 Å². The molecule has 25 heavy (non-hydrogen) atoms. The molecule has 0 heterocycles. The van der Waals surface area contributed by atoms with E-state index in [0.717, 1.165) is 13.0 Å². The number of hydrogen-bond acceptors (Lipinski definition) is 4. The van der Waals surface area contributed by atoms with E-state index >= 15 is 0 Å². The molecule has 0 unspecified atom stereocenters. The quantitative estimate of drug-likeness (QED) is 0.710. The van der Waals surface area contributed by atoms with E-state index in [1.54, 1.807) is 25.3 Å². The van der Waals surface area contributed by atoms with Crippen molar-refractivity contribution in [2.24, 2.45) is 0 Å². The monoisotopic (exact) mass is 342 g/mol. The number of carbonyl (C=O) groups is 1. The minimum absolute atomic E-state index is 0.108. The van der Waals surface area contributed by atoms with Gasteiger partial charge in [-0.1, -0.05) is 18.2 Å². The van der Waals surface area contributed by atoms with Crippen LogP contribution in [0, 0.1) is 0 Å². The van der Waals surface area contributed by atoms with Crippen molar-refractivity contribution in [1.82, 2.24) is 5.32 Å². The number of methoxy groups -OCH3 is 1. The van der Waals surface area contributed by atoms with Crippen molar-refractivity contribution in [2.75, 3.05) is 38.8 Å². The van der Waals surface area contributed by atoms with Crippen molar-refractivity contribution in [1.29, 1.82) is 0 Å². The minimum Gasteiger partial charge on any atom is -0.493 e. The smallest absolute Gasteiger partial charge is 0.251 e. The van der Waals surface area contributed by atoms with E-state index in [2.05, 4.69) is 29.4 Å². The van der Waals surface area contributed by atoms with Gasteiger partial charge in [0.05, 0.1) is 13.7 Å². The molecule has 2 rings (SSSR count). The summed E-state index contributed by atoms with van der Waals surface area (Å²) in [5.74, 6) is 1.10.